The van der Waals surface area contributed by atoms with Gasteiger partial charge in [-0.1, -0.05) is 18.2 Å². The zero-order valence-corrected chi connectivity index (χ0v) is 18.4. The highest BCUT2D eigenvalue weighted by Gasteiger charge is 2.29. The number of fused-ring (bicyclic) bond motifs is 1. The number of esters is 1. The minimum atomic E-state index is -0.553. The average molecular weight is 467 g/mol. The van der Waals surface area contributed by atoms with Crippen LogP contribution in [0.2, 0.25) is 0 Å². The van der Waals surface area contributed by atoms with Crippen molar-refractivity contribution < 1.29 is 24.0 Å². The number of hydrogen-bond donors (Lipinski definition) is 0. The van der Waals surface area contributed by atoms with Crippen molar-refractivity contribution >= 4 is 23.5 Å². The van der Waals surface area contributed by atoms with E-state index in [2.05, 4.69) is 5.10 Å². The Labute approximate surface area is 199 Å². The van der Waals surface area contributed by atoms with E-state index in [-0.39, 0.29) is 28.4 Å². The van der Waals surface area contributed by atoms with Crippen molar-refractivity contribution in [2.45, 2.75) is 0 Å². The molecule has 1 aliphatic rings. The molecule has 9 heteroatoms. The second kappa shape index (κ2) is 8.71. The van der Waals surface area contributed by atoms with Crippen LogP contribution in [0.5, 0.6) is 5.75 Å². The van der Waals surface area contributed by atoms with E-state index in [1.807, 2.05) is 30.3 Å². The lowest BCUT2D eigenvalue weighted by Gasteiger charge is -2.01. The number of nitro groups is 1. The van der Waals surface area contributed by atoms with Crippen molar-refractivity contribution in [3.63, 3.8) is 0 Å². The minimum absolute atomic E-state index is 0.0395. The number of nitro benzene ring substituents is 1. The second-order valence-corrected chi connectivity index (χ2v) is 7.66. The van der Waals surface area contributed by atoms with Gasteiger partial charge in [0, 0.05) is 29.5 Å². The molecular formula is C26H17N3O6. The molecule has 0 fully saturated rings. The number of methoxy groups -OCH3 is 1. The van der Waals surface area contributed by atoms with Crippen molar-refractivity contribution in [1.29, 1.82) is 0 Å². The molecule has 0 atom stereocenters. The van der Waals surface area contributed by atoms with Gasteiger partial charge in [0.15, 0.2) is 5.76 Å². The Bertz CT molecular complexity index is 1500. The Morgan fingerprint density at radius 2 is 1.83 bits per heavy atom. The van der Waals surface area contributed by atoms with E-state index >= 15 is 0 Å². The van der Waals surface area contributed by atoms with Gasteiger partial charge in [0.2, 0.25) is 5.78 Å². The largest absolute Gasteiger partial charge is 0.465 e. The molecule has 172 valence electrons. The number of non-ortho nitro benzene ring substituents is 1. The van der Waals surface area contributed by atoms with Gasteiger partial charge in [0.25, 0.3) is 5.69 Å². The van der Waals surface area contributed by atoms with E-state index in [1.165, 1.54) is 31.4 Å². The maximum Gasteiger partial charge on any atom is 0.337 e. The predicted octanol–water partition coefficient (Wildman–Crippen LogP) is 4.85. The highest BCUT2D eigenvalue weighted by atomic mass is 16.6. The Morgan fingerprint density at radius 1 is 1.09 bits per heavy atom. The minimum Gasteiger partial charge on any atom is -0.465 e. The molecule has 3 aromatic carbocycles. The molecule has 35 heavy (non-hydrogen) atoms. The van der Waals surface area contributed by atoms with E-state index in [9.17, 15) is 19.7 Å². The van der Waals surface area contributed by atoms with Gasteiger partial charge in [-0.15, -0.1) is 0 Å². The van der Waals surface area contributed by atoms with Crippen LogP contribution in [0.4, 0.5) is 5.69 Å². The van der Waals surface area contributed by atoms with Crippen LogP contribution in [-0.4, -0.2) is 33.6 Å². The number of allylic oxidation sites excluding steroid dienone is 1. The summed E-state index contributed by atoms with van der Waals surface area (Å²) in [5.74, 6) is -0.533. The van der Waals surface area contributed by atoms with Gasteiger partial charge in [0.05, 0.1) is 28.8 Å². The van der Waals surface area contributed by atoms with Crippen molar-refractivity contribution in [2.24, 2.45) is 0 Å². The molecule has 0 bridgehead atoms. The molecular weight excluding hydrogens is 450 g/mol. The maximum absolute atomic E-state index is 13.1. The molecule has 0 unspecified atom stereocenters. The van der Waals surface area contributed by atoms with Crippen LogP contribution in [-0.2, 0) is 4.74 Å². The van der Waals surface area contributed by atoms with Crippen LogP contribution in [0, 0.1) is 10.1 Å². The smallest absolute Gasteiger partial charge is 0.337 e. The molecule has 5 rings (SSSR count). The third-order valence-electron chi connectivity index (χ3n) is 5.49. The number of benzene rings is 3. The zero-order valence-electron chi connectivity index (χ0n) is 18.4. The molecule has 1 aromatic heterocycles. The average Bonchev–Trinajstić information content (AvgIpc) is 3.45. The van der Waals surface area contributed by atoms with Crippen molar-refractivity contribution in [3.05, 3.63) is 112 Å². The third kappa shape index (κ3) is 4.06. The molecule has 0 N–H and O–H groups in total. The number of carbonyl (C=O) groups excluding carboxylic acids is 2. The predicted molar refractivity (Wildman–Crippen MR) is 126 cm³/mol. The SMILES string of the molecule is COC(=O)c1ccc2c(c1)C(=O)/C(=C/c1cn(-c3ccccc3)nc1-c1ccc([N+](=O)[O-])cc1)O2. The Hall–Kier alpha value is -5.05. The molecule has 0 amide bonds. The van der Waals surface area contributed by atoms with Crippen LogP contribution >= 0.6 is 0 Å². The first-order chi connectivity index (χ1) is 16.9. The first kappa shape index (κ1) is 21.8. The number of rotatable bonds is 5. The monoisotopic (exact) mass is 467 g/mol. The quantitative estimate of drug-likeness (QED) is 0.178. The summed E-state index contributed by atoms with van der Waals surface area (Å²) in [5.41, 5.74) is 2.98. The van der Waals surface area contributed by atoms with Gasteiger partial charge in [-0.05, 0) is 48.5 Å². The van der Waals surface area contributed by atoms with E-state index < -0.39 is 10.9 Å². The standard InChI is InChI=1S/C26H17N3O6/c1-34-26(31)17-9-12-22-21(13-17)25(30)23(35-22)14-18-15-28(19-5-3-2-4-6-19)27-24(18)16-7-10-20(11-8-16)29(32)33/h2-15H,1H3/b23-14-. The normalized spacial score (nSPS) is 13.4. The van der Waals surface area contributed by atoms with E-state index in [0.29, 0.717) is 22.6 Å². The third-order valence-corrected chi connectivity index (χ3v) is 5.49. The van der Waals surface area contributed by atoms with Gasteiger partial charge in [0.1, 0.15) is 11.4 Å². The summed E-state index contributed by atoms with van der Waals surface area (Å²) in [5, 5.41) is 15.7. The lowest BCUT2D eigenvalue weighted by Crippen LogP contribution is -2.03. The fourth-order valence-corrected chi connectivity index (χ4v) is 3.75. The number of carbonyl (C=O) groups is 2. The van der Waals surface area contributed by atoms with Crippen LogP contribution < -0.4 is 4.74 Å². The van der Waals surface area contributed by atoms with E-state index in [0.717, 1.165) is 5.69 Å². The van der Waals surface area contributed by atoms with Crippen LogP contribution in [0.15, 0.2) is 84.8 Å². The fraction of sp³-hybridized carbons (Fsp3) is 0.0385. The number of ether oxygens (including phenoxy) is 2. The molecule has 1 aliphatic heterocycles. The van der Waals surface area contributed by atoms with Crippen molar-refractivity contribution in [2.75, 3.05) is 7.11 Å². The number of Topliss-reactive ketones (excluding diaryl/α,β-unsaturated/α-hetero) is 1. The van der Waals surface area contributed by atoms with Crippen LogP contribution in [0.1, 0.15) is 26.3 Å². The topological polar surface area (TPSA) is 114 Å². The maximum atomic E-state index is 13.1. The lowest BCUT2D eigenvalue weighted by molar-refractivity contribution is -0.384. The highest BCUT2D eigenvalue weighted by molar-refractivity contribution is 6.15. The lowest BCUT2D eigenvalue weighted by atomic mass is 10.0. The van der Waals surface area contributed by atoms with Gasteiger partial charge in [-0.25, -0.2) is 9.48 Å². The number of ketones is 1. The highest BCUT2D eigenvalue weighted by Crippen LogP contribution is 2.34. The second-order valence-electron chi connectivity index (χ2n) is 7.66. The first-order valence-electron chi connectivity index (χ1n) is 10.5. The van der Waals surface area contributed by atoms with Crippen molar-refractivity contribution in [3.8, 4) is 22.7 Å². The van der Waals surface area contributed by atoms with Gasteiger partial charge in [-0.2, -0.15) is 5.10 Å². The van der Waals surface area contributed by atoms with Gasteiger partial charge in [-0.3, -0.25) is 14.9 Å². The number of para-hydroxylation sites is 1. The fourth-order valence-electron chi connectivity index (χ4n) is 3.75. The summed E-state index contributed by atoms with van der Waals surface area (Å²) in [7, 11) is 1.27. The molecule has 0 radical (unpaired) electrons. The molecule has 4 aromatic rings. The van der Waals surface area contributed by atoms with E-state index in [1.54, 1.807) is 35.2 Å². The molecule has 9 nitrogen and oxygen atoms in total. The number of hydrogen-bond acceptors (Lipinski definition) is 7. The number of aromatic nitrogens is 2. The van der Waals surface area contributed by atoms with Crippen LogP contribution in [0.3, 0.4) is 0 Å². The Balaban J connectivity index is 1.58. The molecule has 0 aliphatic carbocycles. The number of nitrogens with zero attached hydrogens (tertiary/aromatic N) is 3. The molecule has 0 saturated heterocycles. The zero-order chi connectivity index (χ0) is 24.5. The summed E-state index contributed by atoms with van der Waals surface area (Å²) in [6.45, 7) is 0. The molecule has 0 spiro atoms. The van der Waals surface area contributed by atoms with Crippen LogP contribution in [0.25, 0.3) is 23.0 Å². The summed E-state index contributed by atoms with van der Waals surface area (Å²) < 4.78 is 12.2. The summed E-state index contributed by atoms with van der Waals surface area (Å²) in [4.78, 5) is 35.5. The van der Waals surface area contributed by atoms with Crippen molar-refractivity contribution in [1.82, 2.24) is 9.78 Å². The first-order valence-corrected chi connectivity index (χ1v) is 10.5. The van der Waals surface area contributed by atoms with Gasteiger partial charge < -0.3 is 9.47 Å². The summed E-state index contributed by atoms with van der Waals surface area (Å²) in [6, 6.07) is 19.9. The Kier molecular flexibility index (Phi) is 5.42. The molecule has 2 heterocycles. The molecule has 0 saturated carbocycles. The van der Waals surface area contributed by atoms with Gasteiger partial charge >= 0.3 is 5.97 Å². The Morgan fingerprint density at radius 3 is 2.51 bits per heavy atom. The van der Waals surface area contributed by atoms with E-state index in [4.69, 9.17) is 9.47 Å². The summed E-state index contributed by atoms with van der Waals surface area (Å²) in [6.07, 6.45) is 3.32. The summed E-state index contributed by atoms with van der Waals surface area (Å²) >= 11 is 0.